The third-order valence-electron chi connectivity index (χ3n) is 6.00. The monoisotopic (exact) mass is 425 g/mol. The third kappa shape index (κ3) is 4.75. The average molecular weight is 426 g/mol. The van der Waals surface area contributed by atoms with Crippen LogP contribution >= 0.6 is 0 Å². The molecule has 2 aliphatic rings. The summed E-state index contributed by atoms with van der Waals surface area (Å²) < 4.78 is 11.9. The van der Waals surface area contributed by atoms with Crippen molar-refractivity contribution in [2.24, 2.45) is 0 Å². The zero-order valence-electron chi connectivity index (χ0n) is 18.1. The van der Waals surface area contributed by atoms with Crippen LogP contribution in [-0.4, -0.2) is 56.5 Å². The van der Waals surface area contributed by atoms with E-state index in [0.29, 0.717) is 30.0 Å². The molecule has 7 nitrogen and oxygen atoms in total. The van der Waals surface area contributed by atoms with Gasteiger partial charge in [0.25, 0.3) is 5.91 Å². The lowest BCUT2D eigenvalue weighted by molar-refractivity contribution is 0.0239. The highest BCUT2D eigenvalue weighted by Crippen LogP contribution is 2.46. The molecule has 0 spiro atoms. The molecule has 2 aliphatic heterocycles. The van der Waals surface area contributed by atoms with E-state index in [1.54, 1.807) is 13.1 Å². The van der Waals surface area contributed by atoms with Gasteiger partial charge in [-0.3, -0.25) is 10.1 Å². The molecule has 1 saturated heterocycles. The number of morpholine rings is 1. The zero-order chi connectivity index (χ0) is 21.8. The Hall–Kier alpha value is -2.45. The maximum absolute atomic E-state index is 13.0. The molecule has 1 fully saturated rings. The molecule has 2 unspecified atom stereocenters. The van der Waals surface area contributed by atoms with Crippen LogP contribution < -0.4 is 20.7 Å². The Labute approximate surface area is 183 Å². The topological polar surface area (TPSA) is 91.9 Å². The summed E-state index contributed by atoms with van der Waals surface area (Å²) in [7, 11) is 1.68. The van der Waals surface area contributed by atoms with E-state index in [1.807, 2.05) is 31.2 Å². The fourth-order valence-electron chi connectivity index (χ4n) is 4.40. The van der Waals surface area contributed by atoms with Gasteiger partial charge in [-0.05, 0) is 38.1 Å². The highest BCUT2D eigenvalue weighted by molar-refractivity contribution is 5.95. The normalized spacial score (nSPS) is 23.6. The zero-order valence-corrected chi connectivity index (χ0v) is 18.1. The van der Waals surface area contributed by atoms with Crippen LogP contribution in [-0.2, 0) is 4.74 Å². The number of fused-ring (bicyclic) bond motifs is 1. The third-order valence-corrected chi connectivity index (χ3v) is 6.00. The second-order valence-corrected chi connectivity index (χ2v) is 8.13. The maximum Gasteiger partial charge on any atom is 0.251 e. The van der Waals surface area contributed by atoms with Gasteiger partial charge in [-0.1, -0.05) is 30.3 Å². The summed E-state index contributed by atoms with van der Waals surface area (Å²) in [5.41, 5.74) is 3.15. The molecule has 0 bridgehead atoms. The first-order valence-corrected chi connectivity index (χ1v) is 10.9. The minimum Gasteiger partial charge on any atom is -0.489 e. The standard InChI is InChI=1S/C24H31N3O4/c1-15-21(16-6-4-3-5-7-16)19-12-17(13-20(22(19)31-15)24(29)25-2)23(28)27-9-8-18-14-26-10-11-30-18/h3-7,12-13,15,18,21,24-26,29H,8-11,14H2,1-2H3,(H,27,28)/t15-,18?,21+,24?/m1/s1. The summed E-state index contributed by atoms with van der Waals surface area (Å²) >= 11 is 0. The number of benzene rings is 2. The van der Waals surface area contributed by atoms with Gasteiger partial charge in [0.1, 0.15) is 18.1 Å². The van der Waals surface area contributed by atoms with Crippen molar-refractivity contribution < 1.29 is 19.4 Å². The van der Waals surface area contributed by atoms with Crippen molar-refractivity contribution in [3.63, 3.8) is 0 Å². The maximum atomic E-state index is 13.0. The van der Waals surface area contributed by atoms with Gasteiger partial charge in [0.2, 0.25) is 0 Å². The lowest BCUT2D eigenvalue weighted by atomic mass is 9.87. The van der Waals surface area contributed by atoms with Crippen LogP contribution in [0.2, 0.25) is 0 Å². The summed E-state index contributed by atoms with van der Waals surface area (Å²) in [6, 6.07) is 13.7. The van der Waals surface area contributed by atoms with Crippen molar-refractivity contribution in [1.29, 1.82) is 0 Å². The van der Waals surface area contributed by atoms with Crippen molar-refractivity contribution in [2.45, 2.75) is 37.7 Å². The average Bonchev–Trinajstić information content (AvgIpc) is 3.14. The van der Waals surface area contributed by atoms with Crippen LogP contribution in [0.15, 0.2) is 42.5 Å². The second-order valence-electron chi connectivity index (χ2n) is 8.13. The van der Waals surface area contributed by atoms with Gasteiger partial charge in [0, 0.05) is 42.2 Å². The Morgan fingerprint density at radius 2 is 2.10 bits per heavy atom. The lowest BCUT2D eigenvalue weighted by Crippen LogP contribution is -2.40. The number of carbonyl (C=O) groups excluding carboxylic acids is 1. The number of aliphatic hydroxyl groups excluding tert-OH is 1. The van der Waals surface area contributed by atoms with E-state index < -0.39 is 6.23 Å². The molecule has 4 N–H and O–H groups in total. The van der Waals surface area contributed by atoms with Gasteiger partial charge in [0.05, 0.1) is 12.7 Å². The lowest BCUT2D eigenvalue weighted by Gasteiger charge is -2.23. The molecule has 2 heterocycles. The molecule has 4 rings (SSSR count). The van der Waals surface area contributed by atoms with Crippen LogP contribution in [0.1, 0.15) is 52.5 Å². The minimum atomic E-state index is -0.926. The number of aliphatic hydroxyl groups is 1. The van der Waals surface area contributed by atoms with E-state index >= 15 is 0 Å². The number of ether oxygens (including phenoxy) is 2. The molecule has 2 aromatic rings. The Bertz CT molecular complexity index is 899. The Balaban J connectivity index is 1.58. The number of carbonyl (C=O) groups is 1. The highest BCUT2D eigenvalue weighted by Gasteiger charge is 2.36. The Morgan fingerprint density at radius 3 is 2.81 bits per heavy atom. The first-order valence-electron chi connectivity index (χ1n) is 10.9. The predicted octanol–water partition coefficient (Wildman–Crippen LogP) is 1.92. The number of hydrogen-bond acceptors (Lipinski definition) is 6. The SMILES string of the molecule is CNC(O)c1cc(C(=O)NCCC2CNCCO2)cc2c1O[C@H](C)[C@H]2c1ccccc1. The van der Waals surface area contributed by atoms with Gasteiger partial charge in [0.15, 0.2) is 0 Å². The van der Waals surface area contributed by atoms with Crippen molar-refractivity contribution in [3.8, 4) is 5.75 Å². The smallest absolute Gasteiger partial charge is 0.251 e. The van der Waals surface area contributed by atoms with E-state index in [2.05, 4.69) is 28.1 Å². The molecule has 7 heteroatoms. The van der Waals surface area contributed by atoms with Crippen molar-refractivity contribution in [2.75, 3.05) is 33.3 Å². The van der Waals surface area contributed by atoms with Crippen LogP contribution in [0.4, 0.5) is 0 Å². The van der Waals surface area contributed by atoms with Gasteiger partial charge >= 0.3 is 0 Å². The number of amides is 1. The van der Waals surface area contributed by atoms with Crippen LogP contribution in [0.25, 0.3) is 0 Å². The molecule has 31 heavy (non-hydrogen) atoms. The number of nitrogens with one attached hydrogen (secondary N) is 3. The second kappa shape index (κ2) is 9.78. The van der Waals surface area contributed by atoms with E-state index in [9.17, 15) is 9.90 Å². The molecule has 2 aromatic carbocycles. The first-order chi connectivity index (χ1) is 15.1. The van der Waals surface area contributed by atoms with Crippen molar-refractivity contribution in [3.05, 3.63) is 64.7 Å². The molecular weight excluding hydrogens is 394 g/mol. The first kappa shape index (κ1) is 21.8. The quantitative estimate of drug-likeness (QED) is 0.507. The molecule has 4 atom stereocenters. The van der Waals surface area contributed by atoms with Gasteiger partial charge < -0.3 is 25.2 Å². The summed E-state index contributed by atoms with van der Waals surface area (Å²) in [6.45, 7) is 4.93. The molecule has 0 aromatic heterocycles. The Morgan fingerprint density at radius 1 is 1.29 bits per heavy atom. The minimum absolute atomic E-state index is 0.00605. The Kier molecular flexibility index (Phi) is 6.87. The van der Waals surface area contributed by atoms with Crippen LogP contribution in [0.3, 0.4) is 0 Å². The van der Waals surface area contributed by atoms with Gasteiger partial charge in [-0.25, -0.2) is 0 Å². The van der Waals surface area contributed by atoms with Gasteiger partial charge in [-0.2, -0.15) is 0 Å². The molecule has 0 aliphatic carbocycles. The fraction of sp³-hybridized carbons (Fsp3) is 0.458. The van der Waals surface area contributed by atoms with Crippen LogP contribution in [0.5, 0.6) is 5.75 Å². The van der Waals surface area contributed by atoms with Gasteiger partial charge in [-0.15, -0.1) is 0 Å². The molecular formula is C24H31N3O4. The summed E-state index contributed by atoms with van der Waals surface area (Å²) in [6.07, 6.45) is -0.158. The summed E-state index contributed by atoms with van der Waals surface area (Å²) in [5.74, 6) is 0.484. The number of hydrogen-bond donors (Lipinski definition) is 4. The van der Waals surface area contributed by atoms with Crippen molar-refractivity contribution in [1.82, 2.24) is 16.0 Å². The van der Waals surface area contributed by atoms with E-state index in [-0.39, 0.29) is 24.0 Å². The summed E-state index contributed by atoms with van der Waals surface area (Å²) in [4.78, 5) is 13.0. The van der Waals surface area contributed by atoms with Crippen LogP contribution in [0, 0.1) is 0 Å². The molecule has 166 valence electrons. The summed E-state index contributed by atoms with van der Waals surface area (Å²) in [5, 5.41) is 19.7. The van der Waals surface area contributed by atoms with Crippen molar-refractivity contribution >= 4 is 5.91 Å². The predicted molar refractivity (Wildman–Crippen MR) is 118 cm³/mol. The highest BCUT2D eigenvalue weighted by atomic mass is 16.5. The molecule has 0 radical (unpaired) electrons. The fourth-order valence-corrected chi connectivity index (χ4v) is 4.40. The van der Waals surface area contributed by atoms with E-state index in [0.717, 1.165) is 30.6 Å². The largest absolute Gasteiger partial charge is 0.489 e. The number of rotatable bonds is 7. The molecule has 0 saturated carbocycles. The molecule has 1 amide bonds. The van der Waals surface area contributed by atoms with E-state index in [1.165, 1.54) is 0 Å². The van der Waals surface area contributed by atoms with E-state index in [4.69, 9.17) is 9.47 Å².